The van der Waals surface area contributed by atoms with Crippen LogP contribution in [0.2, 0.25) is 0 Å². The summed E-state index contributed by atoms with van der Waals surface area (Å²) in [5.74, 6) is -0.392. The molecule has 8 nitrogen and oxygen atoms in total. The van der Waals surface area contributed by atoms with Gasteiger partial charge in [0.15, 0.2) is 0 Å². The molecule has 0 radical (unpaired) electrons. The number of alkyl carbamates (subject to hydrolysis) is 1. The molecule has 3 aromatic rings. The van der Waals surface area contributed by atoms with Gasteiger partial charge in [-0.2, -0.15) is 0 Å². The monoisotopic (exact) mass is 538 g/mol. The summed E-state index contributed by atoms with van der Waals surface area (Å²) in [6.07, 6.45) is 4.94. The van der Waals surface area contributed by atoms with Crippen LogP contribution in [-0.4, -0.2) is 46.5 Å². The zero-order chi connectivity index (χ0) is 27.6. The van der Waals surface area contributed by atoms with E-state index in [1.54, 1.807) is 51.1 Å². The van der Waals surface area contributed by atoms with E-state index in [2.05, 4.69) is 15.6 Å². The maximum Gasteiger partial charge on any atom is 0.408 e. The fourth-order valence-electron chi connectivity index (χ4n) is 4.14. The number of carbonyl (C=O) groups excluding carboxylic acids is 3. The van der Waals surface area contributed by atoms with E-state index in [1.807, 2.05) is 19.1 Å². The van der Waals surface area contributed by atoms with Gasteiger partial charge >= 0.3 is 6.09 Å². The van der Waals surface area contributed by atoms with Crippen LogP contribution in [-0.2, 0) is 27.3 Å². The molecule has 0 saturated carbocycles. The second-order valence-corrected chi connectivity index (χ2v) is 11.4. The zero-order valence-electron chi connectivity index (χ0n) is 22.1. The Bertz CT molecular complexity index is 1430. The molecule has 0 fully saturated rings. The summed E-state index contributed by atoms with van der Waals surface area (Å²) in [7, 11) is 1.70. The minimum absolute atomic E-state index is 0.202. The number of pyridine rings is 1. The van der Waals surface area contributed by atoms with Crippen LogP contribution in [0.25, 0.3) is 16.2 Å². The molecule has 4 rings (SSSR count). The Balaban J connectivity index is 1.40. The highest BCUT2D eigenvalue weighted by Crippen LogP contribution is 2.33. The first-order chi connectivity index (χ1) is 17.9. The Morgan fingerprint density at radius 1 is 1.34 bits per heavy atom. The fraction of sp³-hybridized carbons (Fsp3) is 0.357. The molecule has 1 aromatic carbocycles. The molecule has 0 saturated heterocycles. The van der Waals surface area contributed by atoms with Crippen molar-refractivity contribution in [2.45, 2.75) is 58.7 Å². The Morgan fingerprint density at radius 3 is 2.82 bits per heavy atom. The molecule has 3 heterocycles. The van der Waals surface area contributed by atoms with E-state index in [4.69, 9.17) is 4.74 Å². The summed E-state index contributed by atoms with van der Waals surface area (Å²) in [6, 6.07) is 6.13. The number of aromatic nitrogens is 1. The quantitative estimate of drug-likeness (QED) is 0.435. The smallest absolute Gasteiger partial charge is 0.408 e. The summed E-state index contributed by atoms with van der Waals surface area (Å²) in [6.45, 7) is 7.57. The number of fused-ring (bicyclic) bond motifs is 2. The summed E-state index contributed by atoms with van der Waals surface area (Å²) in [5, 5.41) is 6.24. The van der Waals surface area contributed by atoms with E-state index in [9.17, 15) is 18.8 Å². The summed E-state index contributed by atoms with van der Waals surface area (Å²) in [4.78, 5) is 44.4. The Labute approximate surface area is 224 Å². The van der Waals surface area contributed by atoms with Crippen LogP contribution < -0.4 is 10.6 Å². The molecule has 0 aliphatic carbocycles. The SMILES string of the molecule is Cc1c(CN(C)C(=O)/C=C/c2cnc3c(c2)CCC(NC(=O)OC(C)(C)C)C(=O)N3)sc2c(F)cccc12. The molecular weight excluding hydrogens is 507 g/mol. The molecule has 1 unspecified atom stereocenters. The van der Waals surface area contributed by atoms with Gasteiger partial charge in [0, 0.05) is 24.2 Å². The maximum absolute atomic E-state index is 14.2. The molecule has 38 heavy (non-hydrogen) atoms. The molecule has 1 atom stereocenters. The van der Waals surface area contributed by atoms with E-state index >= 15 is 0 Å². The van der Waals surface area contributed by atoms with Gasteiger partial charge in [0.1, 0.15) is 23.3 Å². The number of ether oxygens (including phenoxy) is 1. The van der Waals surface area contributed by atoms with Gasteiger partial charge in [-0.3, -0.25) is 9.59 Å². The van der Waals surface area contributed by atoms with Gasteiger partial charge in [-0.25, -0.2) is 14.2 Å². The Morgan fingerprint density at radius 2 is 2.11 bits per heavy atom. The lowest BCUT2D eigenvalue weighted by Crippen LogP contribution is -2.45. The van der Waals surface area contributed by atoms with Gasteiger partial charge in [-0.05, 0) is 80.8 Å². The lowest BCUT2D eigenvalue weighted by atomic mass is 10.1. The fourth-order valence-corrected chi connectivity index (χ4v) is 5.41. The van der Waals surface area contributed by atoms with Gasteiger partial charge in [0.25, 0.3) is 0 Å². The van der Waals surface area contributed by atoms with Crippen molar-refractivity contribution < 1.29 is 23.5 Å². The number of amides is 3. The number of nitrogens with zero attached hydrogens (tertiary/aromatic N) is 2. The number of thiophene rings is 1. The van der Waals surface area contributed by atoms with Crippen molar-refractivity contribution in [3.8, 4) is 0 Å². The van der Waals surface area contributed by atoms with Crippen molar-refractivity contribution in [1.82, 2.24) is 15.2 Å². The first-order valence-electron chi connectivity index (χ1n) is 12.3. The van der Waals surface area contributed by atoms with Crippen molar-refractivity contribution in [1.29, 1.82) is 0 Å². The first-order valence-corrected chi connectivity index (χ1v) is 13.1. The number of carbonyl (C=O) groups is 3. The number of anilines is 1. The van der Waals surface area contributed by atoms with E-state index in [-0.39, 0.29) is 17.6 Å². The number of rotatable bonds is 5. The first kappa shape index (κ1) is 27.3. The van der Waals surface area contributed by atoms with E-state index < -0.39 is 17.7 Å². The van der Waals surface area contributed by atoms with E-state index in [0.29, 0.717) is 35.5 Å². The number of likely N-dealkylation sites (N-methyl/N-ethyl adjacent to an activating group) is 1. The lowest BCUT2D eigenvalue weighted by Gasteiger charge is -2.22. The predicted molar refractivity (Wildman–Crippen MR) is 146 cm³/mol. The number of hydrogen-bond donors (Lipinski definition) is 2. The largest absolute Gasteiger partial charge is 0.444 e. The molecule has 1 aliphatic rings. The molecule has 1 aliphatic heterocycles. The highest BCUT2D eigenvalue weighted by Gasteiger charge is 2.28. The number of hydrogen-bond acceptors (Lipinski definition) is 6. The average molecular weight is 539 g/mol. The number of benzene rings is 1. The zero-order valence-corrected chi connectivity index (χ0v) is 22.9. The molecule has 10 heteroatoms. The maximum atomic E-state index is 14.2. The molecule has 2 aromatic heterocycles. The molecule has 3 amide bonds. The van der Waals surface area contributed by atoms with Gasteiger partial charge in [-0.15, -0.1) is 11.3 Å². The minimum Gasteiger partial charge on any atom is -0.444 e. The normalized spacial score (nSPS) is 15.6. The van der Waals surface area contributed by atoms with Crippen LogP contribution >= 0.6 is 11.3 Å². The second kappa shape index (κ2) is 10.9. The highest BCUT2D eigenvalue weighted by molar-refractivity contribution is 7.19. The number of nitrogens with one attached hydrogen (secondary N) is 2. The van der Waals surface area contributed by atoms with Crippen LogP contribution in [0.3, 0.4) is 0 Å². The van der Waals surface area contributed by atoms with Crippen LogP contribution in [0.4, 0.5) is 15.0 Å². The number of aryl methyl sites for hydroxylation is 2. The Kier molecular flexibility index (Phi) is 7.82. The van der Waals surface area contributed by atoms with Crippen LogP contribution in [0.5, 0.6) is 0 Å². The summed E-state index contributed by atoms with van der Waals surface area (Å²) >= 11 is 1.36. The Hall–Kier alpha value is -3.79. The van der Waals surface area contributed by atoms with Crippen molar-refractivity contribution in [2.75, 3.05) is 12.4 Å². The van der Waals surface area contributed by atoms with Crippen LogP contribution in [0.15, 0.2) is 36.5 Å². The molecule has 0 bridgehead atoms. The van der Waals surface area contributed by atoms with Crippen molar-refractivity contribution in [2.24, 2.45) is 0 Å². The minimum atomic E-state index is -0.751. The number of halogens is 1. The predicted octanol–water partition coefficient (Wildman–Crippen LogP) is 5.19. The third kappa shape index (κ3) is 6.36. The molecule has 0 spiro atoms. The standard InChI is InChI=1S/C28H31FN4O4S/c1-16-19-7-6-8-20(29)24(19)38-22(16)15-33(5)23(34)12-9-17-13-18-10-11-21(26(35)32-25(18)30-14-17)31-27(36)37-28(2,3)4/h6-9,12-14,21H,10-11,15H2,1-5H3,(H,31,36)(H,30,32,35)/b12-9+. The van der Waals surface area contributed by atoms with E-state index in [0.717, 1.165) is 21.4 Å². The lowest BCUT2D eigenvalue weighted by molar-refractivity contribution is -0.125. The topological polar surface area (TPSA) is 101 Å². The van der Waals surface area contributed by atoms with Gasteiger partial charge in [0.05, 0.1) is 11.2 Å². The average Bonchev–Trinajstić information content (AvgIpc) is 3.07. The van der Waals surface area contributed by atoms with Crippen LogP contribution in [0, 0.1) is 12.7 Å². The van der Waals surface area contributed by atoms with Gasteiger partial charge < -0.3 is 20.3 Å². The highest BCUT2D eigenvalue weighted by atomic mass is 32.1. The second-order valence-electron chi connectivity index (χ2n) is 10.3. The molecule has 2 N–H and O–H groups in total. The van der Waals surface area contributed by atoms with Crippen molar-refractivity contribution in [3.05, 3.63) is 63.9 Å². The van der Waals surface area contributed by atoms with E-state index in [1.165, 1.54) is 23.5 Å². The third-order valence-electron chi connectivity index (χ3n) is 6.13. The molecular formula is C28H31FN4O4S. The summed E-state index contributed by atoms with van der Waals surface area (Å²) < 4.78 is 20.0. The summed E-state index contributed by atoms with van der Waals surface area (Å²) in [5.41, 5.74) is 1.82. The van der Waals surface area contributed by atoms with Gasteiger partial charge in [-0.1, -0.05) is 12.1 Å². The van der Waals surface area contributed by atoms with Crippen LogP contribution in [0.1, 0.15) is 48.8 Å². The molecule has 200 valence electrons. The van der Waals surface area contributed by atoms with Crippen molar-refractivity contribution >= 4 is 51.2 Å². The van der Waals surface area contributed by atoms with Gasteiger partial charge in [0.2, 0.25) is 11.8 Å². The third-order valence-corrected chi connectivity index (χ3v) is 7.43. The van der Waals surface area contributed by atoms with Crippen molar-refractivity contribution in [3.63, 3.8) is 0 Å².